The Hall–Kier alpha value is -4.35. The fraction of sp³-hybridized carbons (Fsp3) is 0.185. The second-order valence-electron chi connectivity index (χ2n) is 7.91. The molecule has 3 aromatic carbocycles. The molecule has 9 heteroatoms. The molecule has 0 aliphatic carbocycles. The Bertz CT molecular complexity index is 1400. The van der Waals surface area contributed by atoms with E-state index in [-0.39, 0.29) is 23.8 Å². The van der Waals surface area contributed by atoms with Crippen molar-refractivity contribution >= 4 is 17.6 Å². The number of nitrogens with two attached hydrogens (primary N) is 1. The number of hydrogen-bond donors (Lipinski definition) is 1. The molecule has 36 heavy (non-hydrogen) atoms. The van der Waals surface area contributed by atoms with Gasteiger partial charge in [0.2, 0.25) is 5.88 Å². The molecule has 0 saturated carbocycles. The van der Waals surface area contributed by atoms with E-state index < -0.39 is 11.9 Å². The van der Waals surface area contributed by atoms with Crippen molar-refractivity contribution in [3.63, 3.8) is 0 Å². The van der Waals surface area contributed by atoms with Crippen LogP contribution in [0.1, 0.15) is 22.6 Å². The van der Waals surface area contributed by atoms with E-state index >= 15 is 0 Å². The van der Waals surface area contributed by atoms with E-state index in [9.17, 15) is 10.1 Å². The van der Waals surface area contributed by atoms with Crippen molar-refractivity contribution < 1.29 is 28.5 Å². The Labute approximate surface area is 213 Å². The topological polar surface area (TPSA) is 113 Å². The summed E-state index contributed by atoms with van der Waals surface area (Å²) in [6.45, 7) is 1.54. The minimum Gasteiger partial charge on any atom is -0.497 e. The van der Waals surface area contributed by atoms with Gasteiger partial charge in [-0.3, -0.25) is 0 Å². The van der Waals surface area contributed by atoms with Crippen LogP contribution in [0.15, 0.2) is 66.1 Å². The minimum atomic E-state index is -0.604. The third-order valence-corrected chi connectivity index (χ3v) is 6.08. The number of fused-ring (bicyclic) bond motifs is 1. The van der Waals surface area contributed by atoms with E-state index in [4.69, 9.17) is 41.0 Å². The Morgan fingerprint density at radius 3 is 2.44 bits per heavy atom. The van der Waals surface area contributed by atoms with Crippen LogP contribution in [-0.2, 0) is 4.79 Å². The molecule has 0 spiro atoms. The molecule has 1 aliphatic heterocycles. The van der Waals surface area contributed by atoms with Crippen molar-refractivity contribution in [2.45, 2.75) is 12.8 Å². The summed E-state index contributed by atoms with van der Waals surface area (Å²) < 4.78 is 27.5. The van der Waals surface area contributed by atoms with Crippen molar-refractivity contribution in [2.24, 2.45) is 5.73 Å². The molecule has 3 aromatic rings. The smallest absolute Gasteiger partial charge is 0.349 e. The first kappa shape index (κ1) is 24.8. The monoisotopic (exact) mass is 506 g/mol. The molecule has 0 amide bonds. The third kappa shape index (κ3) is 5.02. The molecule has 184 valence electrons. The number of nitriles is 1. The first-order valence-electron chi connectivity index (χ1n) is 10.9. The summed E-state index contributed by atoms with van der Waals surface area (Å²) in [5.74, 6) is 1.03. The number of carbonyl (C=O) groups is 1. The Morgan fingerprint density at radius 2 is 1.75 bits per heavy atom. The molecule has 1 aliphatic rings. The predicted octanol–water partition coefficient (Wildman–Crippen LogP) is 4.87. The van der Waals surface area contributed by atoms with Gasteiger partial charge in [0, 0.05) is 28.3 Å². The highest BCUT2D eigenvalue weighted by atomic mass is 35.5. The minimum absolute atomic E-state index is 0.0437. The second-order valence-corrected chi connectivity index (χ2v) is 8.31. The van der Waals surface area contributed by atoms with Crippen LogP contribution in [0.25, 0.3) is 0 Å². The SMILES string of the molecule is COc1ccc(C2C(C#N)=C(N)Oc3cc(OC(=O)COc4ccc(Cl)c(C)c4)ccc32)c(OC)c1. The fourth-order valence-electron chi connectivity index (χ4n) is 3.89. The van der Waals surface area contributed by atoms with Crippen LogP contribution in [-0.4, -0.2) is 26.8 Å². The lowest BCUT2D eigenvalue weighted by atomic mass is 9.83. The van der Waals surface area contributed by atoms with Crippen molar-refractivity contribution in [1.29, 1.82) is 5.26 Å². The largest absolute Gasteiger partial charge is 0.497 e. The maximum absolute atomic E-state index is 12.4. The van der Waals surface area contributed by atoms with Crippen molar-refractivity contribution in [3.05, 3.63) is 87.8 Å². The molecular weight excluding hydrogens is 484 g/mol. The highest BCUT2D eigenvalue weighted by Gasteiger charge is 2.33. The van der Waals surface area contributed by atoms with Gasteiger partial charge < -0.3 is 29.4 Å². The quantitative estimate of drug-likeness (QED) is 0.357. The lowest BCUT2D eigenvalue weighted by molar-refractivity contribution is -0.136. The van der Waals surface area contributed by atoms with Gasteiger partial charge in [-0.15, -0.1) is 0 Å². The number of nitrogens with zero attached hydrogens (tertiary/aromatic N) is 1. The summed E-state index contributed by atoms with van der Waals surface area (Å²) >= 11 is 6.02. The second kappa shape index (κ2) is 10.5. The molecule has 0 radical (unpaired) electrons. The molecule has 4 rings (SSSR count). The normalized spacial score (nSPS) is 14.2. The van der Waals surface area contributed by atoms with E-state index in [0.29, 0.717) is 39.1 Å². The van der Waals surface area contributed by atoms with Gasteiger partial charge in [0.25, 0.3) is 0 Å². The fourth-order valence-corrected chi connectivity index (χ4v) is 4.00. The van der Waals surface area contributed by atoms with Gasteiger partial charge >= 0.3 is 5.97 Å². The van der Waals surface area contributed by atoms with Gasteiger partial charge in [0.15, 0.2) is 6.61 Å². The first-order valence-corrected chi connectivity index (χ1v) is 11.3. The summed E-state index contributed by atoms with van der Waals surface area (Å²) in [5, 5.41) is 10.4. The summed E-state index contributed by atoms with van der Waals surface area (Å²) in [4.78, 5) is 12.4. The summed E-state index contributed by atoms with van der Waals surface area (Å²) in [5.41, 5.74) is 8.54. The molecule has 1 heterocycles. The number of rotatable bonds is 7. The maximum atomic E-state index is 12.4. The number of allylic oxidation sites excluding steroid dienone is 1. The first-order chi connectivity index (χ1) is 17.3. The summed E-state index contributed by atoms with van der Waals surface area (Å²) in [6.07, 6.45) is 0. The van der Waals surface area contributed by atoms with Gasteiger partial charge in [-0.05, 0) is 42.8 Å². The van der Waals surface area contributed by atoms with Gasteiger partial charge in [0.1, 0.15) is 40.4 Å². The Kier molecular flexibility index (Phi) is 7.23. The number of esters is 1. The molecular formula is C27H23ClN2O6. The zero-order valence-electron chi connectivity index (χ0n) is 19.8. The van der Waals surface area contributed by atoms with Gasteiger partial charge in [-0.2, -0.15) is 5.26 Å². The average molecular weight is 507 g/mol. The van der Waals surface area contributed by atoms with Crippen LogP contribution in [0.2, 0.25) is 5.02 Å². The van der Waals surface area contributed by atoms with Crippen LogP contribution in [0.4, 0.5) is 0 Å². The number of methoxy groups -OCH3 is 2. The highest BCUT2D eigenvalue weighted by molar-refractivity contribution is 6.31. The predicted molar refractivity (Wildman–Crippen MR) is 133 cm³/mol. The van der Waals surface area contributed by atoms with E-state index in [1.54, 1.807) is 55.6 Å². The molecule has 0 fully saturated rings. The number of carbonyl (C=O) groups excluding carboxylic acids is 1. The number of ether oxygens (including phenoxy) is 5. The van der Waals surface area contributed by atoms with Crippen molar-refractivity contribution in [3.8, 4) is 34.8 Å². The third-order valence-electron chi connectivity index (χ3n) is 5.66. The van der Waals surface area contributed by atoms with E-state index in [2.05, 4.69) is 6.07 Å². The number of benzene rings is 3. The molecule has 0 aromatic heterocycles. The molecule has 8 nitrogen and oxygen atoms in total. The molecule has 2 N–H and O–H groups in total. The van der Waals surface area contributed by atoms with E-state index in [0.717, 1.165) is 5.56 Å². The number of hydrogen-bond acceptors (Lipinski definition) is 8. The summed E-state index contributed by atoms with van der Waals surface area (Å²) in [7, 11) is 3.09. The molecule has 0 bridgehead atoms. The number of halogens is 1. The standard InChI is InChI=1S/C27H23ClN2O6/c1-15-10-17(6-9-22(15)28)34-14-25(31)35-18-5-8-20-24(12-18)36-27(30)21(13-29)26(20)19-7-4-16(32-2)11-23(19)33-3/h4-12,26H,14,30H2,1-3H3. The zero-order valence-corrected chi connectivity index (χ0v) is 20.6. The molecule has 0 saturated heterocycles. The van der Waals surface area contributed by atoms with Gasteiger partial charge in [-0.1, -0.05) is 23.7 Å². The average Bonchev–Trinajstić information content (AvgIpc) is 2.88. The Morgan fingerprint density at radius 1 is 1.03 bits per heavy atom. The highest BCUT2D eigenvalue weighted by Crippen LogP contribution is 2.46. The lowest BCUT2D eigenvalue weighted by Crippen LogP contribution is -2.22. The van der Waals surface area contributed by atoms with Gasteiger partial charge in [-0.25, -0.2) is 4.79 Å². The van der Waals surface area contributed by atoms with Crippen LogP contribution >= 0.6 is 11.6 Å². The van der Waals surface area contributed by atoms with Crippen molar-refractivity contribution in [1.82, 2.24) is 0 Å². The van der Waals surface area contributed by atoms with Crippen molar-refractivity contribution in [2.75, 3.05) is 20.8 Å². The van der Waals surface area contributed by atoms with E-state index in [1.807, 2.05) is 13.0 Å². The number of aryl methyl sites for hydroxylation is 1. The molecule has 1 unspecified atom stereocenters. The van der Waals surface area contributed by atoms with Crippen LogP contribution in [0.5, 0.6) is 28.7 Å². The molecule has 1 atom stereocenters. The van der Waals surface area contributed by atoms with Crippen LogP contribution < -0.4 is 29.4 Å². The Balaban J connectivity index is 1.58. The zero-order chi connectivity index (χ0) is 25.8. The van der Waals surface area contributed by atoms with Crippen LogP contribution in [0.3, 0.4) is 0 Å². The van der Waals surface area contributed by atoms with E-state index in [1.165, 1.54) is 7.11 Å². The lowest BCUT2D eigenvalue weighted by Gasteiger charge is -2.27. The van der Waals surface area contributed by atoms with Gasteiger partial charge in [0.05, 0.1) is 20.1 Å². The summed E-state index contributed by atoms with van der Waals surface area (Å²) in [6, 6.07) is 17.4. The van der Waals surface area contributed by atoms with Crippen LogP contribution in [0, 0.1) is 18.3 Å². The maximum Gasteiger partial charge on any atom is 0.349 e.